The highest BCUT2D eigenvalue weighted by Gasteiger charge is 2.54. The van der Waals surface area contributed by atoms with E-state index in [1.165, 1.54) is 7.11 Å². The second-order valence-corrected chi connectivity index (χ2v) is 6.59. The minimum Gasteiger partial charge on any atom is -0.469 e. The van der Waals surface area contributed by atoms with Crippen LogP contribution in [0.3, 0.4) is 0 Å². The van der Waals surface area contributed by atoms with E-state index in [2.05, 4.69) is 4.74 Å². The van der Waals surface area contributed by atoms with E-state index in [0.717, 1.165) is 6.42 Å². The van der Waals surface area contributed by atoms with Crippen LogP contribution >= 0.6 is 0 Å². The zero-order chi connectivity index (χ0) is 15.1. The number of ether oxygens (including phenoxy) is 2. The van der Waals surface area contributed by atoms with Crippen LogP contribution in [0.5, 0.6) is 0 Å². The first-order valence-electron chi connectivity index (χ1n) is 6.99. The summed E-state index contributed by atoms with van der Waals surface area (Å²) in [6.07, 6.45) is 0.525. The number of aliphatic hydroxyl groups is 1. The number of aliphatic hydroxyl groups excluding tert-OH is 1. The smallest absolute Gasteiger partial charge is 0.410 e. The van der Waals surface area contributed by atoms with Gasteiger partial charge in [-0.05, 0) is 33.6 Å². The van der Waals surface area contributed by atoms with Crippen molar-refractivity contribution < 1.29 is 24.2 Å². The highest BCUT2D eigenvalue weighted by atomic mass is 16.6. The van der Waals surface area contributed by atoms with E-state index in [0.29, 0.717) is 6.42 Å². The third kappa shape index (κ3) is 2.90. The van der Waals surface area contributed by atoms with Gasteiger partial charge in [-0.1, -0.05) is 0 Å². The maximum atomic E-state index is 12.3. The first-order chi connectivity index (χ1) is 9.23. The fourth-order valence-electron chi connectivity index (χ4n) is 3.24. The Kier molecular flexibility index (Phi) is 3.95. The number of piperidine rings is 1. The molecule has 1 heterocycles. The van der Waals surface area contributed by atoms with Crippen molar-refractivity contribution in [2.75, 3.05) is 7.11 Å². The molecule has 0 radical (unpaired) electrons. The second kappa shape index (κ2) is 5.24. The lowest BCUT2D eigenvalue weighted by Crippen LogP contribution is -2.51. The molecule has 0 spiro atoms. The summed E-state index contributed by atoms with van der Waals surface area (Å²) >= 11 is 0. The number of likely N-dealkylation sites (tertiary alicyclic amines) is 1. The zero-order valence-electron chi connectivity index (χ0n) is 12.5. The molecule has 4 atom stereocenters. The number of nitrogens with zero attached hydrogens (tertiary/aromatic N) is 1. The summed E-state index contributed by atoms with van der Waals surface area (Å²) in [4.78, 5) is 25.5. The Morgan fingerprint density at radius 3 is 2.50 bits per heavy atom. The largest absolute Gasteiger partial charge is 0.469 e. The van der Waals surface area contributed by atoms with Gasteiger partial charge in [-0.3, -0.25) is 4.79 Å². The highest BCUT2D eigenvalue weighted by Crippen LogP contribution is 2.44. The van der Waals surface area contributed by atoms with Gasteiger partial charge >= 0.3 is 12.1 Å². The molecule has 0 aromatic rings. The van der Waals surface area contributed by atoms with Crippen LogP contribution in [-0.2, 0) is 14.3 Å². The molecular weight excluding hydrogens is 262 g/mol. The molecule has 1 aliphatic heterocycles. The Hall–Kier alpha value is -1.30. The third-order valence-electron chi connectivity index (χ3n) is 4.00. The summed E-state index contributed by atoms with van der Waals surface area (Å²) in [6.45, 7) is 5.43. The van der Waals surface area contributed by atoms with Crippen molar-refractivity contribution in [2.24, 2.45) is 5.92 Å². The molecule has 20 heavy (non-hydrogen) atoms. The number of rotatable bonds is 2. The van der Waals surface area contributed by atoms with Crippen LogP contribution in [0.2, 0.25) is 0 Å². The summed E-state index contributed by atoms with van der Waals surface area (Å²) in [7, 11) is 1.32. The Labute approximate surface area is 119 Å². The van der Waals surface area contributed by atoms with Crippen molar-refractivity contribution in [1.82, 2.24) is 4.90 Å². The van der Waals surface area contributed by atoms with Gasteiger partial charge in [-0.15, -0.1) is 0 Å². The topological polar surface area (TPSA) is 76.1 Å². The molecular formula is C14H23NO5. The fourth-order valence-corrected chi connectivity index (χ4v) is 3.24. The minimum atomic E-state index is -0.576. The molecule has 2 fully saturated rings. The number of carbonyl (C=O) groups excluding carboxylic acids is 2. The molecule has 1 N–H and O–H groups in total. The van der Waals surface area contributed by atoms with Crippen LogP contribution < -0.4 is 0 Å². The second-order valence-electron chi connectivity index (χ2n) is 6.59. The van der Waals surface area contributed by atoms with Gasteiger partial charge in [0.1, 0.15) is 5.60 Å². The molecule has 1 amide bonds. The summed E-state index contributed by atoms with van der Waals surface area (Å²) in [5.41, 5.74) is -0.576. The normalized spacial score (nSPS) is 32.4. The average molecular weight is 285 g/mol. The third-order valence-corrected chi connectivity index (χ3v) is 4.00. The van der Waals surface area contributed by atoms with E-state index in [-0.39, 0.29) is 30.4 Å². The molecule has 0 aromatic carbocycles. The fraction of sp³-hybridized carbons (Fsp3) is 0.857. The number of amides is 1. The Morgan fingerprint density at radius 2 is 1.95 bits per heavy atom. The predicted octanol–water partition coefficient (Wildman–Crippen LogP) is 1.31. The lowest BCUT2D eigenvalue weighted by molar-refractivity contribution is -0.142. The first-order valence-corrected chi connectivity index (χ1v) is 6.99. The molecule has 6 heteroatoms. The molecule has 1 saturated carbocycles. The van der Waals surface area contributed by atoms with Gasteiger partial charge in [0.05, 0.1) is 25.7 Å². The highest BCUT2D eigenvalue weighted by molar-refractivity contribution is 5.74. The summed E-state index contributed by atoms with van der Waals surface area (Å²) in [6, 6.07) is -0.370. The van der Waals surface area contributed by atoms with Gasteiger partial charge in [0.2, 0.25) is 0 Å². The quantitative estimate of drug-likeness (QED) is 0.774. The SMILES string of the molecule is COC(=O)C[C@H]1C2CC(CC2O)N1C(=O)OC(C)(C)C. The molecule has 114 valence electrons. The van der Waals surface area contributed by atoms with Crippen molar-refractivity contribution in [1.29, 1.82) is 0 Å². The maximum absolute atomic E-state index is 12.3. The molecule has 1 aliphatic carbocycles. The van der Waals surface area contributed by atoms with Gasteiger partial charge in [-0.2, -0.15) is 0 Å². The van der Waals surface area contributed by atoms with Gasteiger partial charge < -0.3 is 19.5 Å². The van der Waals surface area contributed by atoms with Crippen molar-refractivity contribution in [2.45, 2.75) is 63.8 Å². The number of esters is 1. The molecule has 2 rings (SSSR count). The number of carbonyl (C=O) groups is 2. The van der Waals surface area contributed by atoms with Crippen molar-refractivity contribution in [3.05, 3.63) is 0 Å². The lowest BCUT2D eigenvalue weighted by Gasteiger charge is -2.37. The molecule has 3 unspecified atom stereocenters. The van der Waals surface area contributed by atoms with Gasteiger partial charge in [0.15, 0.2) is 0 Å². The van der Waals surface area contributed by atoms with Crippen LogP contribution in [0.1, 0.15) is 40.0 Å². The molecule has 0 aromatic heterocycles. The van der Waals surface area contributed by atoms with Crippen molar-refractivity contribution in [3.63, 3.8) is 0 Å². The minimum absolute atomic E-state index is 0.0421. The average Bonchev–Trinajstić information content (AvgIpc) is 2.82. The zero-order valence-corrected chi connectivity index (χ0v) is 12.5. The van der Waals surface area contributed by atoms with Crippen LogP contribution in [0.4, 0.5) is 4.79 Å². The van der Waals surface area contributed by atoms with E-state index >= 15 is 0 Å². The number of hydrogen-bond acceptors (Lipinski definition) is 5. The van der Waals surface area contributed by atoms with Crippen molar-refractivity contribution >= 4 is 12.1 Å². The lowest BCUT2D eigenvalue weighted by atomic mass is 9.93. The maximum Gasteiger partial charge on any atom is 0.410 e. The van der Waals surface area contributed by atoms with E-state index in [4.69, 9.17) is 4.74 Å². The summed E-state index contributed by atoms with van der Waals surface area (Å²) in [5.74, 6) is -0.435. The van der Waals surface area contributed by atoms with Crippen molar-refractivity contribution in [3.8, 4) is 0 Å². The van der Waals surface area contributed by atoms with E-state index < -0.39 is 17.8 Å². The number of methoxy groups -OCH3 is 1. The predicted molar refractivity (Wildman–Crippen MR) is 71.0 cm³/mol. The monoisotopic (exact) mass is 285 g/mol. The molecule has 1 saturated heterocycles. The molecule has 2 aliphatic rings. The van der Waals surface area contributed by atoms with Gasteiger partial charge in [-0.25, -0.2) is 4.79 Å². The van der Waals surface area contributed by atoms with Crippen LogP contribution in [0, 0.1) is 5.92 Å². The molecule has 2 bridgehead atoms. The Balaban J connectivity index is 2.13. The number of fused-ring (bicyclic) bond motifs is 2. The number of hydrogen-bond donors (Lipinski definition) is 1. The molecule has 6 nitrogen and oxygen atoms in total. The Bertz CT molecular complexity index is 403. The Morgan fingerprint density at radius 1 is 1.30 bits per heavy atom. The van der Waals surface area contributed by atoms with Crippen LogP contribution in [0.15, 0.2) is 0 Å². The van der Waals surface area contributed by atoms with Gasteiger partial charge in [0.25, 0.3) is 0 Å². The van der Waals surface area contributed by atoms with E-state index in [1.54, 1.807) is 4.90 Å². The first kappa shape index (κ1) is 15.1. The summed E-state index contributed by atoms with van der Waals surface area (Å²) in [5, 5.41) is 9.98. The standard InChI is InChI=1S/C14H23NO5/c1-14(2,3)20-13(18)15-8-5-9(11(16)6-8)10(15)7-12(17)19-4/h8-11,16H,5-7H2,1-4H3/t8?,9?,10-,11?/m0/s1. The van der Waals surface area contributed by atoms with Crippen LogP contribution in [0.25, 0.3) is 0 Å². The van der Waals surface area contributed by atoms with Gasteiger partial charge in [0, 0.05) is 12.0 Å². The van der Waals surface area contributed by atoms with Crippen LogP contribution in [-0.4, -0.2) is 53.0 Å². The van der Waals surface area contributed by atoms with E-state index in [1.807, 2.05) is 20.8 Å². The summed E-state index contributed by atoms with van der Waals surface area (Å²) < 4.78 is 10.1. The van der Waals surface area contributed by atoms with E-state index in [9.17, 15) is 14.7 Å².